The lowest BCUT2D eigenvalue weighted by atomic mass is 9.59. The van der Waals surface area contributed by atoms with Crippen molar-refractivity contribution < 1.29 is 38.6 Å². The van der Waals surface area contributed by atoms with E-state index < -0.39 is 41.6 Å². The number of ketones is 2. The van der Waals surface area contributed by atoms with Crippen molar-refractivity contribution >= 4 is 29.5 Å². The summed E-state index contributed by atoms with van der Waals surface area (Å²) >= 11 is 0. The number of likely N-dealkylation sites (tertiary alicyclic amines) is 1. The van der Waals surface area contributed by atoms with Gasteiger partial charge in [0.2, 0.25) is 11.8 Å². The minimum Gasteiger partial charge on any atom is -0.504 e. The largest absolute Gasteiger partial charge is 0.504 e. The first kappa shape index (κ1) is 22.8. The van der Waals surface area contributed by atoms with Gasteiger partial charge >= 0.3 is 6.09 Å². The standard InChI is InChI=1S/C26H23NO8/c1-11-8-18(29)16-10-15-13(5-6-14-21(15)25(32)27(24(14)31)26(33)35-3)20(22(16)23(11)30)12-4-7-17(28)19(9-12)34-2/h4-5,7-9,14-15,20-21,28H,6,10H2,1-3H3/t14-,15+,20-,21-/m0/s1. The molecule has 180 valence electrons. The van der Waals surface area contributed by atoms with Crippen LogP contribution < -0.4 is 4.74 Å². The minimum absolute atomic E-state index is 0.0806. The van der Waals surface area contributed by atoms with Gasteiger partial charge in [-0.15, -0.1) is 0 Å². The molecule has 0 spiro atoms. The fourth-order valence-electron chi connectivity index (χ4n) is 5.89. The average Bonchev–Trinajstić information content (AvgIpc) is 3.11. The molecule has 5 rings (SSSR count). The van der Waals surface area contributed by atoms with Crippen LogP contribution in [0, 0.1) is 17.8 Å². The van der Waals surface area contributed by atoms with Crippen LogP contribution in [0.1, 0.15) is 31.2 Å². The Bertz CT molecular complexity index is 1320. The van der Waals surface area contributed by atoms with Crippen LogP contribution >= 0.6 is 0 Å². The first-order valence-electron chi connectivity index (χ1n) is 11.2. The van der Waals surface area contributed by atoms with E-state index in [1.54, 1.807) is 19.1 Å². The molecular formula is C26H23NO8. The van der Waals surface area contributed by atoms with Crippen LogP contribution in [-0.2, 0) is 23.9 Å². The molecule has 1 aromatic rings. The molecule has 4 aliphatic rings. The number of carbonyl (C=O) groups is 5. The maximum atomic E-state index is 13.3. The Balaban J connectivity index is 1.69. The fourth-order valence-corrected chi connectivity index (χ4v) is 5.89. The third-order valence-electron chi connectivity index (χ3n) is 7.46. The normalized spacial score (nSPS) is 27.7. The van der Waals surface area contributed by atoms with Crippen molar-refractivity contribution in [1.82, 2.24) is 4.90 Å². The Labute approximate surface area is 200 Å². The van der Waals surface area contributed by atoms with Gasteiger partial charge in [-0.3, -0.25) is 19.2 Å². The number of hydrogen-bond acceptors (Lipinski definition) is 8. The molecule has 35 heavy (non-hydrogen) atoms. The Morgan fingerprint density at radius 1 is 1.09 bits per heavy atom. The first-order valence-corrected chi connectivity index (χ1v) is 11.2. The molecule has 3 aliphatic carbocycles. The number of phenols is 1. The van der Waals surface area contributed by atoms with Crippen molar-refractivity contribution in [3.63, 3.8) is 0 Å². The van der Waals surface area contributed by atoms with Gasteiger partial charge in [-0.25, -0.2) is 4.79 Å². The summed E-state index contributed by atoms with van der Waals surface area (Å²) < 4.78 is 9.91. The second-order valence-electron chi connectivity index (χ2n) is 9.14. The van der Waals surface area contributed by atoms with E-state index in [-0.39, 0.29) is 35.9 Å². The molecule has 1 aromatic carbocycles. The van der Waals surface area contributed by atoms with Gasteiger partial charge in [-0.05, 0) is 49.5 Å². The quantitative estimate of drug-likeness (QED) is 0.391. The van der Waals surface area contributed by atoms with Gasteiger partial charge in [0.05, 0.1) is 26.1 Å². The van der Waals surface area contributed by atoms with E-state index in [1.165, 1.54) is 19.3 Å². The highest BCUT2D eigenvalue weighted by atomic mass is 16.5. The molecule has 1 N–H and O–H groups in total. The number of Topliss-reactive ketones (excluding diaryl/α,β-unsaturated/α-hetero) is 1. The molecule has 9 heteroatoms. The number of phenolic OH excluding ortho intramolecular Hbond substituents is 1. The molecule has 1 fully saturated rings. The summed E-state index contributed by atoms with van der Waals surface area (Å²) in [5.41, 5.74) is 2.31. The number of aromatic hydroxyl groups is 1. The third kappa shape index (κ3) is 3.18. The molecular weight excluding hydrogens is 454 g/mol. The van der Waals surface area contributed by atoms with Crippen LogP contribution in [0.2, 0.25) is 0 Å². The Kier molecular flexibility index (Phi) is 5.23. The summed E-state index contributed by atoms with van der Waals surface area (Å²) in [5.74, 6) is -4.57. The molecule has 1 aliphatic heterocycles. The fraction of sp³-hybridized carbons (Fsp3) is 0.346. The Morgan fingerprint density at radius 3 is 2.51 bits per heavy atom. The number of methoxy groups -OCH3 is 2. The molecule has 0 aromatic heterocycles. The van der Waals surface area contributed by atoms with Crippen molar-refractivity contribution in [1.29, 1.82) is 0 Å². The molecule has 0 saturated carbocycles. The number of fused-ring (bicyclic) bond motifs is 3. The predicted molar refractivity (Wildman–Crippen MR) is 120 cm³/mol. The van der Waals surface area contributed by atoms with Gasteiger partial charge in [-0.1, -0.05) is 17.7 Å². The number of rotatable bonds is 2. The molecule has 0 unspecified atom stereocenters. The van der Waals surface area contributed by atoms with Crippen LogP contribution in [0.5, 0.6) is 11.5 Å². The van der Waals surface area contributed by atoms with Gasteiger partial charge < -0.3 is 14.6 Å². The van der Waals surface area contributed by atoms with Crippen molar-refractivity contribution in [3.05, 3.63) is 58.2 Å². The first-order chi connectivity index (χ1) is 16.7. The molecule has 1 heterocycles. The number of hydrogen-bond donors (Lipinski definition) is 1. The van der Waals surface area contributed by atoms with E-state index >= 15 is 0 Å². The zero-order valence-corrected chi connectivity index (χ0v) is 19.4. The number of ether oxygens (including phenoxy) is 2. The van der Waals surface area contributed by atoms with Gasteiger partial charge in [-0.2, -0.15) is 4.90 Å². The van der Waals surface area contributed by atoms with E-state index in [2.05, 4.69) is 4.74 Å². The zero-order valence-electron chi connectivity index (χ0n) is 19.4. The van der Waals surface area contributed by atoms with E-state index in [0.29, 0.717) is 27.2 Å². The van der Waals surface area contributed by atoms with Crippen molar-refractivity contribution in [2.45, 2.75) is 25.7 Å². The minimum atomic E-state index is -1.03. The highest BCUT2D eigenvalue weighted by Crippen LogP contribution is 2.55. The van der Waals surface area contributed by atoms with E-state index in [4.69, 9.17) is 4.74 Å². The van der Waals surface area contributed by atoms with Gasteiger partial charge in [0.15, 0.2) is 23.1 Å². The monoisotopic (exact) mass is 477 g/mol. The summed E-state index contributed by atoms with van der Waals surface area (Å²) in [6, 6.07) is 4.70. The molecule has 0 radical (unpaired) electrons. The summed E-state index contributed by atoms with van der Waals surface area (Å²) in [5, 5.41) is 10.1. The molecule has 9 nitrogen and oxygen atoms in total. The predicted octanol–water partition coefficient (Wildman–Crippen LogP) is 2.60. The van der Waals surface area contributed by atoms with Crippen LogP contribution in [0.3, 0.4) is 0 Å². The van der Waals surface area contributed by atoms with Gasteiger partial charge in [0.1, 0.15) is 0 Å². The number of nitrogens with zero attached hydrogens (tertiary/aromatic N) is 1. The van der Waals surface area contributed by atoms with Crippen LogP contribution in [0.15, 0.2) is 52.6 Å². The average molecular weight is 477 g/mol. The van der Waals surface area contributed by atoms with Crippen LogP contribution in [0.4, 0.5) is 4.79 Å². The number of benzene rings is 1. The highest BCUT2D eigenvalue weighted by molar-refractivity contribution is 6.24. The van der Waals surface area contributed by atoms with Crippen LogP contribution in [-0.4, -0.2) is 53.7 Å². The summed E-state index contributed by atoms with van der Waals surface area (Å²) in [6.45, 7) is 1.59. The van der Waals surface area contributed by atoms with Gasteiger partial charge in [0, 0.05) is 22.6 Å². The maximum absolute atomic E-state index is 13.3. The van der Waals surface area contributed by atoms with E-state index in [9.17, 15) is 29.1 Å². The topological polar surface area (TPSA) is 127 Å². The Morgan fingerprint density at radius 2 is 1.83 bits per heavy atom. The van der Waals surface area contributed by atoms with E-state index in [0.717, 1.165) is 12.7 Å². The smallest absolute Gasteiger partial charge is 0.423 e. The lowest BCUT2D eigenvalue weighted by Crippen LogP contribution is -2.40. The number of amides is 3. The lowest BCUT2D eigenvalue weighted by Gasteiger charge is -2.42. The van der Waals surface area contributed by atoms with E-state index in [1.807, 2.05) is 6.08 Å². The second-order valence-corrected chi connectivity index (χ2v) is 9.14. The number of allylic oxidation sites excluding steroid dienone is 6. The van der Waals surface area contributed by atoms with Crippen molar-refractivity contribution in [2.75, 3.05) is 14.2 Å². The maximum Gasteiger partial charge on any atom is 0.423 e. The summed E-state index contributed by atoms with van der Waals surface area (Å²) in [7, 11) is 2.51. The van der Waals surface area contributed by atoms with Gasteiger partial charge in [0.25, 0.3) is 0 Å². The van der Waals surface area contributed by atoms with Crippen LogP contribution in [0.25, 0.3) is 0 Å². The molecule has 3 amide bonds. The second kappa shape index (κ2) is 8.04. The van der Waals surface area contributed by atoms with Crippen molar-refractivity contribution in [3.8, 4) is 11.5 Å². The van der Waals surface area contributed by atoms with Crippen molar-refractivity contribution in [2.24, 2.45) is 17.8 Å². The molecule has 4 atom stereocenters. The molecule has 1 saturated heterocycles. The summed E-state index contributed by atoms with van der Waals surface area (Å²) in [4.78, 5) is 65.3. The SMILES string of the molecule is COC(=O)N1C(=O)[C@H]2[C@H](CC=C3[C@H](c4ccc(O)c(OC)c4)C4=C(C[C@H]32)C(=O)C=C(C)C4=O)C1=O. The third-order valence-corrected chi connectivity index (χ3v) is 7.46. The number of carbonyl (C=O) groups excluding carboxylic acids is 5. The summed E-state index contributed by atoms with van der Waals surface area (Å²) in [6.07, 6.45) is 2.43. The number of imide groups is 3. The lowest BCUT2D eigenvalue weighted by molar-refractivity contribution is -0.137. The Hall–Kier alpha value is -4.01. The highest BCUT2D eigenvalue weighted by Gasteiger charge is 2.58. The zero-order chi connectivity index (χ0) is 25.2. The molecule has 0 bridgehead atoms.